The van der Waals surface area contributed by atoms with Gasteiger partial charge in [0.25, 0.3) is 5.69 Å². The van der Waals surface area contributed by atoms with Crippen LogP contribution in [-0.4, -0.2) is 33.7 Å². The fourth-order valence-electron chi connectivity index (χ4n) is 2.53. The van der Waals surface area contributed by atoms with E-state index in [1.165, 1.54) is 18.2 Å². The molecular weight excluding hydrogens is 322 g/mol. The van der Waals surface area contributed by atoms with Crippen molar-refractivity contribution in [2.45, 2.75) is 32.7 Å². The van der Waals surface area contributed by atoms with Gasteiger partial charge in [-0.05, 0) is 32.9 Å². The van der Waals surface area contributed by atoms with E-state index in [1.807, 2.05) is 20.8 Å². The second-order valence-electron chi connectivity index (χ2n) is 6.48. The topological polar surface area (TPSA) is 92.6 Å². The average molecular weight is 340 g/mol. The molecule has 0 aliphatic carbocycles. The molecule has 8 heteroatoms. The summed E-state index contributed by atoms with van der Waals surface area (Å²) in [6.45, 7) is 6.00. The van der Waals surface area contributed by atoms with E-state index in [4.69, 9.17) is 11.6 Å². The largest absolute Gasteiger partial charge is 0.337 e. The van der Waals surface area contributed by atoms with Gasteiger partial charge in [0.15, 0.2) is 0 Å². The highest BCUT2D eigenvalue weighted by Gasteiger charge is 2.39. The molecule has 1 atom stereocenters. The van der Waals surface area contributed by atoms with Crippen molar-refractivity contribution in [3.05, 3.63) is 33.3 Å². The second-order valence-corrected chi connectivity index (χ2v) is 6.92. The molecule has 0 radical (unpaired) electrons. The number of likely N-dealkylation sites (tertiary alicyclic amines) is 1. The Balaban J connectivity index is 2.15. The van der Waals surface area contributed by atoms with Gasteiger partial charge < -0.3 is 10.2 Å². The molecule has 1 heterocycles. The number of halogens is 1. The number of nitro benzene ring substituents is 1. The predicted molar refractivity (Wildman–Crippen MR) is 86.3 cm³/mol. The molecule has 2 rings (SSSR count). The first kappa shape index (κ1) is 17.2. The average Bonchev–Trinajstić information content (AvgIpc) is 2.82. The Kier molecular flexibility index (Phi) is 4.61. The molecule has 2 amide bonds. The third kappa shape index (κ3) is 3.79. The normalized spacial score (nSPS) is 18.2. The molecule has 0 aromatic heterocycles. The maximum Gasteiger partial charge on any atom is 0.294 e. The summed E-state index contributed by atoms with van der Waals surface area (Å²) in [6.07, 6.45) is 0.102. The summed E-state index contributed by atoms with van der Waals surface area (Å²) >= 11 is 5.74. The van der Waals surface area contributed by atoms with Gasteiger partial charge in [-0.2, -0.15) is 0 Å². The zero-order valence-corrected chi connectivity index (χ0v) is 13.9. The number of hydrogen-bond acceptors (Lipinski definition) is 4. The quantitative estimate of drug-likeness (QED) is 0.677. The fourth-order valence-corrected chi connectivity index (χ4v) is 2.69. The number of hydrogen-bond donors (Lipinski definition) is 1. The van der Waals surface area contributed by atoms with Crippen molar-refractivity contribution in [3.8, 4) is 0 Å². The van der Waals surface area contributed by atoms with Gasteiger partial charge in [-0.25, -0.2) is 0 Å². The van der Waals surface area contributed by atoms with E-state index in [1.54, 1.807) is 4.90 Å². The van der Waals surface area contributed by atoms with E-state index >= 15 is 0 Å². The van der Waals surface area contributed by atoms with Crippen LogP contribution in [0.25, 0.3) is 0 Å². The molecule has 1 unspecified atom stereocenters. The summed E-state index contributed by atoms with van der Waals surface area (Å²) in [7, 11) is 0. The van der Waals surface area contributed by atoms with E-state index in [9.17, 15) is 19.7 Å². The zero-order chi connectivity index (χ0) is 17.4. The molecule has 23 heavy (non-hydrogen) atoms. The number of benzene rings is 1. The van der Waals surface area contributed by atoms with E-state index < -0.39 is 16.7 Å². The van der Waals surface area contributed by atoms with Crippen molar-refractivity contribution in [3.63, 3.8) is 0 Å². The van der Waals surface area contributed by atoms with Crippen LogP contribution >= 0.6 is 11.6 Å². The maximum atomic E-state index is 12.3. The van der Waals surface area contributed by atoms with Crippen LogP contribution in [0.15, 0.2) is 18.2 Å². The molecule has 7 nitrogen and oxygen atoms in total. The SMILES string of the molecule is CC(C)(C)N1CC(C(=O)Nc2ccc(Cl)cc2[N+](=O)[O-])CC1=O. The number of carbonyl (C=O) groups is 2. The molecule has 1 fully saturated rings. The van der Waals surface area contributed by atoms with Crippen LogP contribution in [0, 0.1) is 16.0 Å². The fraction of sp³-hybridized carbons (Fsp3) is 0.467. The van der Waals surface area contributed by atoms with E-state index in [-0.39, 0.29) is 34.3 Å². The van der Waals surface area contributed by atoms with Gasteiger partial charge in [-0.3, -0.25) is 19.7 Å². The number of nitrogens with zero attached hydrogens (tertiary/aromatic N) is 2. The van der Waals surface area contributed by atoms with Gasteiger partial charge in [0.1, 0.15) is 5.69 Å². The molecule has 1 N–H and O–H groups in total. The van der Waals surface area contributed by atoms with Crippen molar-refractivity contribution in [1.82, 2.24) is 4.90 Å². The number of anilines is 1. The minimum absolute atomic E-state index is 0.0751. The Morgan fingerprint density at radius 1 is 1.43 bits per heavy atom. The number of rotatable bonds is 3. The zero-order valence-electron chi connectivity index (χ0n) is 13.1. The Hall–Kier alpha value is -2.15. The van der Waals surface area contributed by atoms with Gasteiger partial charge in [-0.15, -0.1) is 0 Å². The Morgan fingerprint density at radius 2 is 2.09 bits per heavy atom. The summed E-state index contributed by atoms with van der Waals surface area (Å²) in [6, 6.07) is 4.03. The molecule has 1 aliphatic heterocycles. The Bertz CT molecular complexity index is 669. The molecule has 0 saturated carbocycles. The lowest BCUT2D eigenvalue weighted by Gasteiger charge is -2.31. The van der Waals surface area contributed by atoms with Crippen LogP contribution < -0.4 is 5.32 Å². The summed E-state index contributed by atoms with van der Waals surface area (Å²) in [5.41, 5.74) is -0.563. The second kappa shape index (κ2) is 6.16. The highest BCUT2D eigenvalue weighted by atomic mass is 35.5. The summed E-state index contributed by atoms with van der Waals surface area (Å²) in [5.74, 6) is -1.03. The number of nitro groups is 1. The first-order chi connectivity index (χ1) is 10.6. The molecule has 1 aromatic rings. The predicted octanol–water partition coefficient (Wildman–Crippen LogP) is 2.83. The third-order valence-corrected chi connectivity index (χ3v) is 3.96. The van der Waals surface area contributed by atoms with Gasteiger partial charge in [0.05, 0.1) is 10.8 Å². The van der Waals surface area contributed by atoms with Gasteiger partial charge in [0, 0.05) is 29.6 Å². The lowest BCUT2D eigenvalue weighted by Crippen LogP contribution is -2.42. The van der Waals surface area contributed by atoms with Gasteiger partial charge in [0.2, 0.25) is 11.8 Å². The van der Waals surface area contributed by atoms with Gasteiger partial charge in [-0.1, -0.05) is 11.6 Å². The smallest absolute Gasteiger partial charge is 0.294 e. The van der Waals surface area contributed by atoms with Crippen LogP contribution in [0.2, 0.25) is 5.02 Å². The Morgan fingerprint density at radius 3 is 2.61 bits per heavy atom. The first-order valence-electron chi connectivity index (χ1n) is 7.15. The highest BCUT2D eigenvalue weighted by Crippen LogP contribution is 2.30. The number of nitrogens with one attached hydrogen (secondary N) is 1. The van der Waals surface area contributed by atoms with Gasteiger partial charge >= 0.3 is 0 Å². The number of amides is 2. The monoisotopic (exact) mass is 339 g/mol. The molecule has 1 saturated heterocycles. The minimum Gasteiger partial charge on any atom is -0.337 e. The van der Waals surface area contributed by atoms with Crippen molar-refractivity contribution in [1.29, 1.82) is 0 Å². The summed E-state index contributed by atoms with van der Waals surface area (Å²) < 4.78 is 0. The van der Waals surface area contributed by atoms with E-state index in [0.29, 0.717) is 6.54 Å². The lowest BCUT2D eigenvalue weighted by molar-refractivity contribution is -0.383. The van der Waals surface area contributed by atoms with Crippen molar-refractivity contribution >= 4 is 34.8 Å². The Labute approximate surface area is 138 Å². The highest BCUT2D eigenvalue weighted by molar-refractivity contribution is 6.31. The standard InChI is InChI=1S/C15H18ClN3O4/c1-15(2,3)18-8-9(6-13(18)20)14(21)17-11-5-4-10(16)7-12(11)19(22)23/h4-5,7,9H,6,8H2,1-3H3,(H,17,21). The molecule has 1 aromatic carbocycles. The van der Waals surface area contributed by atoms with Crippen molar-refractivity contribution in [2.75, 3.05) is 11.9 Å². The minimum atomic E-state index is -0.608. The summed E-state index contributed by atoms with van der Waals surface area (Å²) in [5, 5.41) is 13.8. The molecule has 124 valence electrons. The van der Waals surface area contributed by atoms with Crippen LogP contribution in [0.4, 0.5) is 11.4 Å². The van der Waals surface area contributed by atoms with Crippen LogP contribution in [-0.2, 0) is 9.59 Å². The van der Waals surface area contributed by atoms with E-state index in [0.717, 1.165) is 0 Å². The van der Waals surface area contributed by atoms with Crippen LogP contribution in [0.5, 0.6) is 0 Å². The van der Waals surface area contributed by atoms with Crippen LogP contribution in [0.3, 0.4) is 0 Å². The molecule has 1 aliphatic rings. The van der Waals surface area contributed by atoms with Crippen LogP contribution in [0.1, 0.15) is 27.2 Å². The molecule has 0 spiro atoms. The molecule has 0 bridgehead atoms. The third-order valence-electron chi connectivity index (χ3n) is 3.72. The lowest BCUT2D eigenvalue weighted by atomic mass is 10.1. The first-order valence-corrected chi connectivity index (χ1v) is 7.52. The van der Waals surface area contributed by atoms with Crippen molar-refractivity contribution < 1.29 is 14.5 Å². The van der Waals surface area contributed by atoms with Crippen molar-refractivity contribution in [2.24, 2.45) is 5.92 Å². The van der Waals surface area contributed by atoms with E-state index in [2.05, 4.69) is 5.32 Å². The molecular formula is C15H18ClN3O4. The maximum absolute atomic E-state index is 12.3. The number of carbonyl (C=O) groups excluding carboxylic acids is 2. The summed E-state index contributed by atoms with van der Waals surface area (Å²) in [4.78, 5) is 36.5.